The zero-order valence-corrected chi connectivity index (χ0v) is 14.0. The van der Waals surface area contributed by atoms with E-state index in [4.69, 9.17) is 4.42 Å². The summed E-state index contributed by atoms with van der Waals surface area (Å²) in [5, 5.41) is 5.59. The van der Waals surface area contributed by atoms with E-state index in [1.807, 2.05) is 32.0 Å². The molecule has 3 rings (SSSR count). The highest BCUT2D eigenvalue weighted by Crippen LogP contribution is 2.18. The largest absolute Gasteiger partial charge is 0.459 e. The van der Waals surface area contributed by atoms with Gasteiger partial charge in [-0.2, -0.15) is 0 Å². The molecule has 0 saturated carbocycles. The van der Waals surface area contributed by atoms with Crippen LogP contribution in [-0.4, -0.2) is 11.8 Å². The third kappa shape index (κ3) is 3.95. The van der Waals surface area contributed by atoms with Crippen LogP contribution < -0.4 is 10.6 Å². The Morgan fingerprint density at radius 1 is 0.840 bits per heavy atom. The highest BCUT2D eigenvalue weighted by molar-refractivity contribution is 6.06. The second kappa shape index (κ2) is 7.05. The highest BCUT2D eigenvalue weighted by atomic mass is 16.3. The molecule has 1 heterocycles. The van der Waals surface area contributed by atoms with Crippen molar-refractivity contribution in [1.82, 2.24) is 0 Å². The van der Waals surface area contributed by atoms with Gasteiger partial charge in [-0.05, 0) is 55.8 Å². The van der Waals surface area contributed by atoms with Gasteiger partial charge >= 0.3 is 0 Å². The summed E-state index contributed by atoms with van der Waals surface area (Å²) >= 11 is 0. The predicted molar refractivity (Wildman–Crippen MR) is 97.0 cm³/mol. The summed E-state index contributed by atoms with van der Waals surface area (Å²) in [5.41, 5.74) is 3.81. The molecule has 2 amide bonds. The Kier molecular flexibility index (Phi) is 4.66. The molecular weight excluding hydrogens is 316 g/mol. The number of carbonyl (C=O) groups is 2. The van der Waals surface area contributed by atoms with E-state index in [9.17, 15) is 9.59 Å². The molecule has 5 heteroatoms. The van der Waals surface area contributed by atoms with Crippen LogP contribution in [0.5, 0.6) is 0 Å². The molecule has 2 aromatic carbocycles. The minimum Gasteiger partial charge on any atom is -0.459 e. The maximum atomic E-state index is 12.5. The second-order valence-corrected chi connectivity index (χ2v) is 5.78. The van der Waals surface area contributed by atoms with Crippen molar-refractivity contribution < 1.29 is 14.0 Å². The van der Waals surface area contributed by atoms with Crippen LogP contribution in [0.25, 0.3) is 0 Å². The monoisotopic (exact) mass is 334 g/mol. The fourth-order valence-electron chi connectivity index (χ4n) is 2.54. The van der Waals surface area contributed by atoms with Gasteiger partial charge in [-0.3, -0.25) is 9.59 Å². The molecule has 0 fully saturated rings. The van der Waals surface area contributed by atoms with Crippen molar-refractivity contribution in [2.75, 3.05) is 10.6 Å². The summed E-state index contributed by atoms with van der Waals surface area (Å²) in [6.45, 7) is 3.89. The molecule has 5 nitrogen and oxygen atoms in total. The molecule has 0 spiro atoms. The lowest BCUT2D eigenvalue weighted by molar-refractivity contribution is 0.0995. The van der Waals surface area contributed by atoms with Crippen LogP contribution in [0.4, 0.5) is 11.4 Å². The van der Waals surface area contributed by atoms with E-state index in [1.54, 1.807) is 36.4 Å². The molecule has 0 aliphatic rings. The molecule has 3 aromatic rings. The van der Waals surface area contributed by atoms with Gasteiger partial charge in [0.15, 0.2) is 5.76 Å². The minimum absolute atomic E-state index is 0.188. The normalized spacial score (nSPS) is 10.3. The van der Waals surface area contributed by atoms with Crippen molar-refractivity contribution in [2.45, 2.75) is 13.8 Å². The Labute approximate surface area is 145 Å². The number of hydrogen-bond acceptors (Lipinski definition) is 3. The predicted octanol–water partition coefficient (Wildman–Crippen LogP) is 4.40. The standard InChI is InChI=1S/C20H18N2O3/c1-13-8-9-17(14(2)11-13)19(23)21-15-5-3-6-16(12-15)22-20(24)18-7-4-10-25-18/h3-12H,1-2H3,(H,21,23)(H,22,24). The van der Waals surface area contributed by atoms with Gasteiger partial charge in [0.1, 0.15) is 0 Å². The zero-order valence-electron chi connectivity index (χ0n) is 14.0. The van der Waals surface area contributed by atoms with E-state index in [2.05, 4.69) is 10.6 Å². The topological polar surface area (TPSA) is 71.3 Å². The first-order valence-corrected chi connectivity index (χ1v) is 7.86. The fraction of sp³-hybridized carbons (Fsp3) is 0.100. The summed E-state index contributed by atoms with van der Waals surface area (Å²) in [6, 6.07) is 15.9. The smallest absolute Gasteiger partial charge is 0.291 e. The molecule has 0 bridgehead atoms. The Morgan fingerprint density at radius 2 is 1.56 bits per heavy atom. The van der Waals surface area contributed by atoms with Crippen LogP contribution in [0.15, 0.2) is 65.3 Å². The van der Waals surface area contributed by atoms with E-state index < -0.39 is 0 Å². The number of rotatable bonds is 4. The Hall–Kier alpha value is -3.34. The molecule has 0 atom stereocenters. The van der Waals surface area contributed by atoms with Gasteiger partial charge in [0.2, 0.25) is 0 Å². The Morgan fingerprint density at radius 3 is 2.20 bits per heavy atom. The Bertz CT molecular complexity index is 914. The lowest BCUT2D eigenvalue weighted by atomic mass is 10.1. The number of nitrogens with one attached hydrogen (secondary N) is 2. The Balaban J connectivity index is 1.73. The van der Waals surface area contributed by atoms with Crippen LogP contribution in [0.1, 0.15) is 32.0 Å². The van der Waals surface area contributed by atoms with Gasteiger partial charge in [-0.25, -0.2) is 0 Å². The molecular formula is C20H18N2O3. The molecule has 25 heavy (non-hydrogen) atoms. The maximum absolute atomic E-state index is 12.5. The van der Waals surface area contributed by atoms with Gasteiger partial charge in [0.05, 0.1) is 6.26 Å². The molecule has 0 radical (unpaired) electrons. The number of aryl methyl sites for hydroxylation is 2. The van der Waals surface area contributed by atoms with Gasteiger partial charge in [0, 0.05) is 16.9 Å². The highest BCUT2D eigenvalue weighted by Gasteiger charge is 2.11. The summed E-state index contributed by atoms with van der Waals surface area (Å²) < 4.78 is 5.06. The quantitative estimate of drug-likeness (QED) is 0.743. The van der Waals surface area contributed by atoms with Crippen LogP contribution in [0.2, 0.25) is 0 Å². The van der Waals surface area contributed by atoms with Crippen molar-refractivity contribution in [1.29, 1.82) is 0 Å². The summed E-state index contributed by atoms with van der Waals surface area (Å²) in [5.74, 6) is -0.306. The second-order valence-electron chi connectivity index (χ2n) is 5.78. The van der Waals surface area contributed by atoms with E-state index >= 15 is 0 Å². The summed E-state index contributed by atoms with van der Waals surface area (Å²) in [6.07, 6.45) is 1.44. The molecule has 0 unspecified atom stereocenters. The van der Waals surface area contributed by atoms with Crippen LogP contribution >= 0.6 is 0 Å². The fourth-order valence-corrected chi connectivity index (χ4v) is 2.54. The van der Waals surface area contributed by atoms with E-state index in [0.29, 0.717) is 16.9 Å². The maximum Gasteiger partial charge on any atom is 0.291 e. The summed E-state index contributed by atoms with van der Waals surface area (Å²) in [7, 11) is 0. The molecule has 126 valence electrons. The van der Waals surface area contributed by atoms with Crippen LogP contribution in [-0.2, 0) is 0 Å². The molecule has 0 saturated heterocycles. The number of anilines is 2. The number of amides is 2. The van der Waals surface area contributed by atoms with Gasteiger partial charge in [0.25, 0.3) is 11.8 Å². The van der Waals surface area contributed by atoms with E-state index in [0.717, 1.165) is 11.1 Å². The molecule has 2 N–H and O–H groups in total. The zero-order chi connectivity index (χ0) is 17.8. The third-order valence-electron chi connectivity index (χ3n) is 3.75. The van der Waals surface area contributed by atoms with Gasteiger partial charge in [-0.15, -0.1) is 0 Å². The van der Waals surface area contributed by atoms with Crippen LogP contribution in [0.3, 0.4) is 0 Å². The van der Waals surface area contributed by atoms with Crippen LogP contribution in [0, 0.1) is 13.8 Å². The lowest BCUT2D eigenvalue weighted by Crippen LogP contribution is -2.14. The first-order chi connectivity index (χ1) is 12.0. The van der Waals surface area contributed by atoms with Crippen molar-refractivity contribution in [3.8, 4) is 0 Å². The first kappa shape index (κ1) is 16.5. The number of carbonyl (C=O) groups excluding carboxylic acids is 2. The van der Waals surface area contributed by atoms with Gasteiger partial charge < -0.3 is 15.1 Å². The summed E-state index contributed by atoms with van der Waals surface area (Å²) in [4.78, 5) is 24.5. The van der Waals surface area contributed by atoms with Crippen molar-refractivity contribution >= 4 is 23.2 Å². The molecule has 1 aromatic heterocycles. The van der Waals surface area contributed by atoms with Crippen molar-refractivity contribution in [3.05, 3.63) is 83.3 Å². The minimum atomic E-state index is -0.345. The number of furan rings is 1. The van der Waals surface area contributed by atoms with Gasteiger partial charge in [-0.1, -0.05) is 23.8 Å². The third-order valence-corrected chi connectivity index (χ3v) is 3.75. The number of benzene rings is 2. The SMILES string of the molecule is Cc1ccc(C(=O)Nc2cccc(NC(=O)c3ccco3)c2)c(C)c1. The average molecular weight is 334 g/mol. The van der Waals surface area contributed by atoms with Crippen molar-refractivity contribution in [3.63, 3.8) is 0 Å². The average Bonchev–Trinajstić information content (AvgIpc) is 3.09. The molecule has 0 aliphatic heterocycles. The van der Waals surface area contributed by atoms with Crippen molar-refractivity contribution in [2.24, 2.45) is 0 Å². The lowest BCUT2D eigenvalue weighted by Gasteiger charge is -2.10. The molecule has 0 aliphatic carbocycles. The number of hydrogen-bond donors (Lipinski definition) is 2. The van der Waals surface area contributed by atoms with E-state index in [1.165, 1.54) is 6.26 Å². The van der Waals surface area contributed by atoms with E-state index in [-0.39, 0.29) is 17.6 Å². The first-order valence-electron chi connectivity index (χ1n) is 7.86.